The molecule has 1 aliphatic rings. The highest BCUT2D eigenvalue weighted by Gasteiger charge is 2.36. The fraction of sp³-hybridized carbons (Fsp3) is 0.429. The number of nitrogens with one attached hydrogen (secondary N) is 1. The van der Waals surface area contributed by atoms with E-state index in [0.29, 0.717) is 15.6 Å². The van der Waals surface area contributed by atoms with Crippen molar-refractivity contribution in [3.05, 3.63) is 33.8 Å². The summed E-state index contributed by atoms with van der Waals surface area (Å²) in [5.74, 6) is -2.00. The quantitative estimate of drug-likeness (QED) is 0.870. The second-order valence-corrected chi connectivity index (χ2v) is 5.93. The number of hydrogen-bond donors (Lipinski definition) is 2. The molecule has 0 radical (unpaired) electrons. The van der Waals surface area contributed by atoms with Gasteiger partial charge in [-0.25, -0.2) is 9.18 Å². The van der Waals surface area contributed by atoms with Crippen molar-refractivity contribution in [3.8, 4) is 0 Å². The highest BCUT2D eigenvalue weighted by molar-refractivity contribution is 6.42. The highest BCUT2D eigenvalue weighted by atomic mass is 35.5. The molecule has 0 spiro atoms. The topological polar surface area (TPSA) is 66.4 Å². The van der Waals surface area contributed by atoms with Crippen molar-refractivity contribution in [3.63, 3.8) is 0 Å². The minimum atomic E-state index is -1.15. The molecule has 0 saturated heterocycles. The van der Waals surface area contributed by atoms with Gasteiger partial charge in [-0.15, -0.1) is 0 Å². The normalized spacial score (nSPS) is 22.2. The Labute approximate surface area is 131 Å². The van der Waals surface area contributed by atoms with Crippen LogP contribution in [0.4, 0.5) is 4.39 Å². The molecule has 1 saturated carbocycles. The molecule has 0 bridgehead atoms. The molecule has 1 aromatic rings. The number of carboxylic acids is 1. The maximum absolute atomic E-state index is 12.7. The van der Waals surface area contributed by atoms with Crippen LogP contribution in [0.2, 0.25) is 10.0 Å². The fourth-order valence-corrected chi connectivity index (χ4v) is 2.48. The molecule has 1 unspecified atom stereocenters. The molecule has 7 heteroatoms. The van der Waals surface area contributed by atoms with E-state index in [-0.39, 0.29) is 19.3 Å². The van der Waals surface area contributed by atoms with E-state index in [1.807, 2.05) is 0 Å². The number of halogens is 3. The van der Waals surface area contributed by atoms with Gasteiger partial charge in [0.25, 0.3) is 0 Å². The first-order valence-electron chi connectivity index (χ1n) is 6.48. The SMILES string of the molecule is O=C(NC(Cc1ccc(Cl)c(Cl)c1)C(=O)O)C1CC(F)C1. The van der Waals surface area contributed by atoms with Crippen LogP contribution < -0.4 is 5.32 Å². The van der Waals surface area contributed by atoms with E-state index in [1.165, 1.54) is 0 Å². The Bertz CT molecular complexity index is 561. The molecule has 0 aliphatic heterocycles. The molecule has 4 nitrogen and oxygen atoms in total. The third-order valence-electron chi connectivity index (χ3n) is 3.49. The first-order valence-corrected chi connectivity index (χ1v) is 7.23. The van der Waals surface area contributed by atoms with E-state index in [2.05, 4.69) is 5.32 Å². The van der Waals surface area contributed by atoms with Crippen LogP contribution in [0.15, 0.2) is 18.2 Å². The van der Waals surface area contributed by atoms with E-state index >= 15 is 0 Å². The number of carbonyl (C=O) groups is 2. The third kappa shape index (κ3) is 4.08. The predicted octanol–water partition coefficient (Wildman–Crippen LogP) is 2.85. The summed E-state index contributed by atoms with van der Waals surface area (Å²) in [7, 11) is 0. The van der Waals surface area contributed by atoms with Gasteiger partial charge in [0.15, 0.2) is 0 Å². The number of benzene rings is 1. The monoisotopic (exact) mass is 333 g/mol. The summed E-state index contributed by atoms with van der Waals surface area (Å²) in [6.45, 7) is 0. The average molecular weight is 334 g/mol. The van der Waals surface area contributed by atoms with E-state index in [0.717, 1.165) is 0 Å². The number of carbonyl (C=O) groups excluding carboxylic acids is 1. The molecule has 21 heavy (non-hydrogen) atoms. The number of alkyl halides is 1. The van der Waals surface area contributed by atoms with E-state index < -0.39 is 30.0 Å². The summed E-state index contributed by atoms with van der Waals surface area (Å²) in [5, 5.41) is 12.3. The zero-order chi connectivity index (χ0) is 15.6. The zero-order valence-electron chi connectivity index (χ0n) is 11.0. The number of hydrogen-bond acceptors (Lipinski definition) is 2. The van der Waals surface area contributed by atoms with Crippen molar-refractivity contribution in [1.82, 2.24) is 5.32 Å². The minimum absolute atomic E-state index is 0.0870. The zero-order valence-corrected chi connectivity index (χ0v) is 12.5. The van der Waals surface area contributed by atoms with Crippen LogP contribution in [0.5, 0.6) is 0 Å². The van der Waals surface area contributed by atoms with Gasteiger partial charge in [-0.05, 0) is 30.5 Å². The van der Waals surface area contributed by atoms with Gasteiger partial charge in [-0.3, -0.25) is 4.79 Å². The second kappa shape index (κ2) is 6.62. The first-order chi connectivity index (χ1) is 9.86. The highest BCUT2D eigenvalue weighted by Crippen LogP contribution is 2.30. The van der Waals surface area contributed by atoms with Crippen molar-refractivity contribution in [2.75, 3.05) is 0 Å². The molecule has 0 heterocycles. The molecular weight excluding hydrogens is 320 g/mol. The van der Waals surface area contributed by atoms with Crippen molar-refractivity contribution in [2.45, 2.75) is 31.5 Å². The molecule has 1 aliphatic carbocycles. The maximum Gasteiger partial charge on any atom is 0.326 e. The number of aliphatic carboxylic acids is 1. The van der Waals surface area contributed by atoms with Gasteiger partial charge in [-0.2, -0.15) is 0 Å². The lowest BCUT2D eigenvalue weighted by Crippen LogP contribution is -2.48. The molecule has 1 fully saturated rings. The van der Waals surface area contributed by atoms with Crippen LogP contribution in [0.3, 0.4) is 0 Å². The Hall–Kier alpha value is -1.33. The van der Waals surface area contributed by atoms with Crippen molar-refractivity contribution >= 4 is 35.1 Å². The van der Waals surface area contributed by atoms with Crippen molar-refractivity contribution < 1.29 is 19.1 Å². The molecule has 1 atom stereocenters. The minimum Gasteiger partial charge on any atom is -0.480 e. The lowest BCUT2D eigenvalue weighted by atomic mass is 9.82. The first kappa shape index (κ1) is 16.0. The molecule has 2 rings (SSSR count). The van der Waals surface area contributed by atoms with Gasteiger partial charge >= 0.3 is 5.97 Å². The van der Waals surface area contributed by atoms with E-state index in [9.17, 15) is 19.1 Å². The molecule has 1 amide bonds. The van der Waals surface area contributed by atoms with Gasteiger partial charge in [0, 0.05) is 12.3 Å². The van der Waals surface area contributed by atoms with Crippen LogP contribution in [-0.2, 0) is 16.0 Å². The van der Waals surface area contributed by atoms with Crippen LogP contribution in [0.1, 0.15) is 18.4 Å². The third-order valence-corrected chi connectivity index (χ3v) is 4.23. The van der Waals surface area contributed by atoms with Gasteiger partial charge < -0.3 is 10.4 Å². The van der Waals surface area contributed by atoms with Crippen LogP contribution >= 0.6 is 23.2 Å². The van der Waals surface area contributed by atoms with E-state index in [1.54, 1.807) is 18.2 Å². The summed E-state index contributed by atoms with van der Waals surface area (Å²) in [6.07, 6.45) is -0.557. The Kier molecular flexibility index (Phi) is 5.06. The smallest absolute Gasteiger partial charge is 0.326 e. The largest absolute Gasteiger partial charge is 0.480 e. The summed E-state index contributed by atoms with van der Waals surface area (Å²) < 4.78 is 12.7. The Morgan fingerprint density at radius 3 is 2.52 bits per heavy atom. The molecule has 0 aromatic heterocycles. The van der Waals surface area contributed by atoms with Gasteiger partial charge in [0.1, 0.15) is 12.2 Å². The number of amides is 1. The summed E-state index contributed by atoms with van der Waals surface area (Å²) in [6, 6.07) is 3.71. The molecular formula is C14H14Cl2FNO3. The Balaban J connectivity index is 2.00. The van der Waals surface area contributed by atoms with Crippen molar-refractivity contribution in [1.29, 1.82) is 0 Å². The molecule has 1 aromatic carbocycles. The lowest BCUT2D eigenvalue weighted by molar-refractivity contribution is -0.143. The maximum atomic E-state index is 12.7. The van der Waals surface area contributed by atoms with Crippen molar-refractivity contribution in [2.24, 2.45) is 5.92 Å². The summed E-state index contributed by atoms with van der Waals surface area (Å²) in [4.78, 5) is 23.0. The standard InChI is InChI=1S/C14H14Cl2FNO3/c15-10-2-1-7(3-11(10)16)4-12(14(20)21)18-13(19)8-5-9(17)6-8/h1-3,8-9,12H,4-6H2,(H,18,19)(H,20,21). The molecule has 114 valence electrons. The number of rotatable bonds is 5. The Morgan fingerprint density at radius 1 is 1.33 bits per heavy atom. The van der Waals surface area contributed by atoms with Crippen LogP contribution in [0, 0.1) is 5.92 Å². The molecule has 2 N–H and O–H groups in total. The van der Waals surface area contributed by atoms with Crippen LogP contribution in [0.25, 0.3) is 0 Å². The number of carboxylic acid groups (broad SMARTS) is 1. The van der Waals surface area contributed by atoms with E-state index in [4.69, 9.17) is 23.2 Å². The van der Waals surface area contributed by atoms with Gasteiger partial charge in [-0.1, -0.05) is 29.3 Å². The Morgan fingerprint density at radius 2 is 2.00 bits per heavy atom. The summed E-state index contributed by atoms with van der Waals surface area (Å²) in [5.41, 5.74) is 0.647. The summed E-state index contributed by atoms with van der Waals surface area (Å²) >= 11 is 11.7. The van der Waals surface area contributed by atoms with Gasteiger partial charge in [0.05, 0.1) is 10.0 Å². The van der Waals surface area contributed by atoms with Crippen LogP contribution in [-0.4, -0.2) is 29.2 Å². The van der Waals surface area contributed by atoms with Gasteiger partial charge in [0.2, 0.25) is 5.91 Å². The predicted molar refractivity (Wildman–Crippen MR) is 77.4 cm³/mol. The second-order valence-electron chi connectivity index (χ2n) is 5.12. The lowest BCUT2D eigenvalue weighted by Gasteiger charge is -2.29. The average Bonchev–Trinajstić information content (AvgIpc) is 2.38. The fourth-order valence-electron chi connectivity index (χ4n) is 2.15.